The Labute approximate surface area is 103 Å². The molecule has 2 aromatic rings. The number of aromatic carboxylic acids is 1. The lowest BCUT2D eigenvalue weighted by molar-refractivity contribution is 0.0697. The monoisotopic (exact) mass is 247 g/mol. The number of carbonyl (C=O) groups is 1. The normalized spacial score (nSPS) is 12.3. The van der Waals surface area contributed by atoms with Crippen molar-refractivity contribution >= 4 is 22.7 Å². The minimum absolute atomic E-state index is 0.183. The van der Waals surface area contributed by atoms with Crippen molar-refractivity contribution in [2.75, 3.05) is 11.9 Å². The Hall–Kier alpha value is -2.21. The molecule has 18 heavy (non-hydrogen) atoms. The van der Waals surface area contributed by atoms with E-state index in [9.17, 15) is 9.90 Å². The van der Waals surface area contributed by atoms with E-state index in [1.165, 1.54) is 18.5 Å². The van der Waals surface area contributed by atoms with Crippen LogP contribution < -0.4 is 5.32 Å². The van der Waals surface area contributed by atoms with Crippen LogP contribution >= 0.6 is 0 Å². The smallest absolute Gasteiger partial charge is 0.335 e. The van der Waals surface area contributed by atoms with E-state index in [0.717, 1.165) is 5.39 Å². The minimum Gasteiger partial charge on any atom is -0.478 e. The van der Waals surface area contributed by atoms with Gasteiger partial charge in [-0.15, -0.1) is 0 Å². The lowest BCUT2D eigenvalue weighted by atomic mass is 10.1. The number of aliphatic hydroxyl groups excluding tert-OH is 1. The highest BCUT2D eigenvalue weighted by molar-refractivity contribution is 5.96. The van der Waals surface area contributed by atoms with Crippen molar-refractivity contribution in [2.45, 2.75) is 13.0 Å². The molecule has 94 valence electrons. The number of aromatic nitrogens is 2. The average Bonchev–Trinajstić information content (AvgIpc) is 2.35. The van der Waals surface area contributed by atoms with Gasteiger partial charge in [0, 0.05) is 11.9 Å². The average molecular weight is 247 g/mol. The van der Waals surface area contributed by atoms with Crippen molar-refractivity contribution < 1.29 is 15.0 Å². The first-order valence-electron chi connectivity index (χ1n) is 5.48. The van der Waals surface area contributed by atoms with Gasteiger partial charge in [0.05, 0.1) is 17.2 Å². The topological polar surface area (TPSA) is 95.3 Å². The number of benzene rings is 1. The van der Waals surface area contributed by atoms with E-state index >= 15 is 0 Å². The molecule has 0 aliphatic carbocycles. The van der Waals surface area contributed by atoms with Crippen LogP contribution in [0.4, 0.5) is 5.82 Å². The van der Waals surface area contributed by atoms with Crippen molar-refractivity contribution in [1.29, 1.82) is 0 Å². The highest BCUT2D eigenvalue weighted by Crippen LogP contribution is 2.20. The minimum atomic E-state index is -0.992. The lowest BCUT2D eigenvalue weighted by Crippen LogP contribution is -2.16. The summed E-state index contributed by atoms with van der Waals surface area (Å²) in [5, 5.41) is 21.8. The fourth-order valence-corrected chi connectivity index (χ4v) is 1.58. The molecule has 0 saturated carbocycles. The van der Waals surface area contributed by atoms with Gasteiger partial charge in [0.1, 0.15) is 12.1 Å². The highest BCUT2D eigenvalue weighted by atomic mass is 16.4. The van der Waals surface area contributed by atoms with Crippen LogP contribution in [0.5, 0.6) is 0 Å². The van der Waals surface area contributed by atoms with Crippen LogP contribution in [0.25, 0.3) is 10.9 Å². The van der Waals surface area contributed by atoms with Gasteiger partial charge in [0.15, 0.2) is 0 Å². The van der Waals surface area contributed by atoms with Crippen molar-refractivity contribution in [1.82, 2.24) is 9.97 Å². The number of nitrogens with one attached hydrogen (secondary N) is 1. The molecule has 0 bridgehead atoms. The molecule has 2 rings (SSSR count). The van der Waals surface area contributed by atoms with E-state index < -0.39 is 12.1 Å². The Morgan fingerprint density at radius 3 is 2.89 bits per heavy atom. The molecule has 1 aromatic heterocycles. The summed E-state index contributed by atoms with van der Waals surface area (Å²) in [7, 11) is 0. The second-order valence-corrected chi connectivity index (χ2v) is 3.99. The molecule has 0 saturated heterocycles. The number of rotatable bonds is 4. The molecule has 1 heterocycles. The Kier molecular flexibility index (Phi) is 3.38. The summed E-state index contributed by atoms with van der Waals surface area (Å²) in [6.07, 6.45) is 0.867. The number of hydrogen-bond donors (Lipinski definition) is 3. The fourth-order valence-electron chi connectivity index (χ4n) is 1.58. The highest BCUT2D eigenvalue weighted by Gasteiger charge is 2.08. The van der Waals surface area contributed by atoms with Gasteiger partial charge in [-0.1, -0.05) is 0 Å². The summed E-state index contributed by atoms with van der Waals surface area (Å²) < 4.78 is 0. The van der Waals surface area contributed by atoms with Crippen LogP contribution in [-0.4, -0.2) is 38.8 Å². The second kappa shape index (κ2) is 4.97. The maximum Gasteiger partial charge on any atom is 0.335 e. The molecule has 1 aromatic carbocycles. The van der Waals surface area contributed by atoms with Gasteiger partial charge < -0.3 is 15.5 Å². The van der Waals surface area contributed by atoms with Crippen molar-refractivity contribution in [2.24, 2.45) is 0 Å². The predicted molar refractivity (Wildman–Crippen MR) is 66.7 cm³/mol. The third-order valence-electron chi connectivity index (χ3n) is 2.45. The zero-order chi connectivity index (χ0) is 13.1. The molecule has 1 unspecified atom stereocenters. The molecule has 0 aliphatic rings. The van der Waals surface area contributed by atoms with Crippen LogP contribution in [-0.2, 0) is 0 Å². The summed E-state index contributed by atoms with van der Waals surface area (Å²) in [6, 6.07) is 4.65. The van der Waals surface area contributed by atoms with Crippen LogP contribution in [0.1, 0.15) is 17.3 Å². The van der Waals surface area contributed by atoms with Crippen LogP contribution in [0.15, 0.2) is 24.5 Å². The SMILES string of the molecule is CC(O)CNc1ncnc2cc(C(=O)O)ccc12. The van der Waals surface area contributed by atoms with Gasteiger partial charge in [0.25, 0.3) is 0 Å². The first-order chi connectivity index (χ1) is 8.58. The quantitative estimate of drug-likeness (QED) is 0.749. The first kappa shape index (κ1) is 12.3. The van der Waals surface area contributed by atoms with E-state index in [2.05, 4.69) is 15.3 Å². The molecule has 3 N–H and O–H groups in total. The molecule has 1 atom stereocenters. The molecular formula is C12H13N3O3. The van der Waals surface area contributed by atoms with E-state index in [1.807, 2.05) is 0 Å². The Balaban J connectivity index is 2.40. The zero-order valence-electron chi connectivity index (χ0n) is 9.79. The number of anilines is 1. The number of carboxylic acids is 1. The predicted octanol–water partition coefficient (Wildman–Crippen LogP) is 1.12. The largest absolute Gasteiger partial charge is 0.478 e. The van der Waals surface area contributed by atoms with Crippen molar-refractivity contribution in [3.63, 3.8) is 0 Å². The van der Waals surface area contributed by atoms with Crippen LogP contribution in [0, 0.1) is 0 Å². The second-order valence-electron chi connectivity index (χ2n) is 3.99. The Morgan fingerprint density at radius 1 is 1.44 bits per heavy atom. The molecule has 0 amide bonds. The standard InChI is InChI=1S/C12H13N3O3/c1-7(16)5-13-11-9-3-2-8(12(17)18)4-10(9)14-6-15-11/h2-4,6-7,16H,5H2,1H3,(H,17,18)(H,13,14,15). The third kappa shape index (κ3) is 2.54. The summed E-state index contributed by atoms with van der Waals surface area (Å²) in [4.78, 5) is 19.0. The number of hydrogen-bond acceptors (Lipinski definition) is 5. The number of nitrogens with zero attached hydrogens (tertiary/aromatic N) is 2. The molecular weight excluding hydrogens is 234 g/mol. The lowest BCUT2D eigenvalue weighted by Gasteiger charge is -2.09. The van der Waals surface area contributed by atoms with Crippen molar-refractivity contribution in [3.8, 4) is 0 Å². The summed E-state index contributed by atoms with van der Waals surface area (Å²) >= 11 is 0. The van der Waals surface area contributed by atoms with Gasteiger partial charge in [-0.3, -0.25) is 0 Å². The van der Waals surface area contributed by atoms with Crippen molar-refractivity contribution in [3.05, 3.63) is 30.1 Å². The van der Waals surface area contributed by atoms with Gasteiger partial charge in [-0.2, -0.15) is 0 Å². The number of fused-ring (bicyclic) bond motifs is 1. The molecule has 0 aliphatic heterocycles. The van der Waals surface area contributed by atoms with Crippen LogP contribution in [0.3, 0.4) is 0 Å². The van der Waals surface area contributed by atoms with Gasteiger partial charge in [-0.05, 0) is 25.1 Å². The van der Waals surface area contributed by atoms with E-state index in [0.29, 0.717) is 17.9 Å². The fraction of sp³-hybridized carbons (Fsp3) is 0.250. The molecule has 6 heteroatoms. The zero-order valence-corrected chi connectivity index (χ0v) is 9.79. The summed E-state index contributed by atoms with van der Waals surface area (Å²) in [5.41, 5.74) is 0.737. The van der Waals surface area contributed by atoms with Gasteiger partial charge >= 0.3 is 5.97 Å². The molecule has 0 radical (unpaired) electrons. The van der Waals surface area contributed by atoms with E-state index in [-0.39, 0.29) is 5.56 Å². The van der Waals surface area contributed by atoms with Gasteiger partial charge in [0.2, 0.25) is 0 Å². The third-order valence-corrected chi connectivity index (χ3v) is 2.45. The Bertz CT molecular complexity index is 584. The molecule has 6 nitrogen and oxygen atoms in total. The van der Waals surface area contributed by atoms with Crippen LogP contribution in [0.2, 0.25) is 0 Å². The molecule has 0 fully saturated rings. The summed E-state index contributed by atoms with van der Waals surface area (Å²) in [6.45, 7) is 2.03. The number of carboxylic acid groups (broad SMARTS) is 1. The van der Waals surface area contributed by atoms with E-state index in [4.69, 9.17) is 5.11 Å². The molecule has 0 spiro atoms. The van der Waals surface area contributed by atoms with E-state index in [1.54, 1.807) is 13.0 Å². The number of aliphatic hydroxyl groups is 1. The Morgan fingerprint density at radius 2 is 2.22 bits per heavy atom. The van der Waals surface area contributed by atoms with Gasteiger partial charge in [-0.25, -0.2) is 14.8 Å². The first-order valence-corrected chi connectivity index (χ1v) is 5.48. The maximum absolute atomic E-state index is 10.9. The summed E-state index contributed by atoms with van der Waals surface area (Å²) in [5.74, 6) is -0.410. The maximum atomic E-state index is 10.9.